The van der Waals surface area contributed by atoms with Crippen LogP contribution < -0.4 is 0 Å². The minimum absolute atomic E-state index is 0.0661. The van der Waals surface area contributed by atoms with Crippen molar-refractivity contribution in [1.29, 1.82) is 0 Å². The van der Waals surface area contributed by atoms with Crippen molar-refractivity contribution in [1.82, 2.24) is 19.5 Å². The van der Waals surface area contributed by atoms with E-state index in [9.17, 15) is 13.2 Å². The lowest BCUT2D eigenvalue weighted by Crippen LogP contribution is -2.12. The highest BCUT2D eigenvalue weighted by Crippen LogP contribution is 2.26. The van der Waals surface area contributed by atoms with Gasteiger partial charge in [0, 0.05) is 6.54 Å². The van der Waals surface area contributed by atoms with E-state index in [1.807, 2.05) is 0 Å². The number of rotatable bonds is 2. The van der Waals surface area contributed by atoms with Crippen LogP contribution in [-0.4, -0.2) is 31.2 Å². The highest BCUT2D eigenvalue weighted by atomic mass is 19.4. The van der Waals surface area contributed by atoms with Crippen LogP contribution in [0.5, 0.6) is 0 Å². The predicted molar refractivity (Wildman–Crippen MR) is 47.4 cm³/mol. The fraction of sp³-hybridized carbons (Fsp3) is 0.375. The van der Waals surface area contributed by atoms with Crippen LogP contribution in [0.3, 0.4) is 0 Å². The molecule has 0 atom stereocenters. The van der Waals surface area contributed by atoms with E-state index in [1.165, 1.54) is 10.9 Å². The normalized spacial score (nSPS) is 12.2. The summed E-state index contributed by atoms with van der Waals surface area (Å²) < 4.78 is 38.3. The molecule has 0 bridgehead atoms. The molecule has 0 aliphatic carbocycles. The molecular weight excluding hydrogens is 225 g/mol. The van der Waals surface area contributed by atoms with Gasteiger partial charge in [0.1, 0.15) is 5.52 Å². The average molecular weight is 232 g/mol. The lowest BCUT2D eigenvalue weighted by Gasteiger charge is -2.05. The highest BCUT2D eigenvalue weighted by Gasteiger charge is 2.35. The van der Waals surface area contributed by atoms with Gasteiger partial charge in [-0.05, 0) is 0 Å². The Hall–Kier alpha value is -1.70. The summed E-state index contributed by atoms with van der Waals surface area (Å²) >= 11 is 0. The number of hydrogen-bond donors (Lipinski definition) is 1. The molecule has 2 aromatic heterocycles. The van der Waals surface area contributed by atoms with E-state index >= 15 is 0 Å². The van der Waals surface area contributed by atoms with Crippen LogP contribution in [0.2, 0.25) is 0 Å². The Bertz CT molecular complexity index is 507. The largest absolute Gasteiger partial charge is 0.451 e. The van der Waals surface area contributed by atoms with Crippen molar-refractivity contribution in [2.75, 3.05) is 6.61 Å². The monoisotopic (exact) mass is 232 g/mol. The molecule has 0 saturated heterocycles. The Morgan fingerprint density at radius 1 is 1.31 bits per heavy atom. The van der Waals surface area contributed by atoms with E-state index < -0.39 is 12.0 Å². The molecule has 16 heavy (non-hydrogen) atoms. The zero-order valence-corrected chi connectivity index (χ0v) is 7.94. The molecule has 0 unspecified atom stereocenters. The maximum absolute atomic E-state index is 12.3. The lowest BCUT2D eigenvalue weighted by molar-refractivity contribution is -0.144. The van der Waals surface area contributed by atoms with Gasteiger partial charge in [0.25, 0.3) is 0 Å². The van der Waals surface area contributed by atoms with E-state index in [0.717, 1.165) is 6.20 Å². The van der Waals surface area contributed by atoms with Crippen molar-refractivity contribution in [2.24, 2.45) is 0 Å². The zero-order chi connectivity index (χ0) is 11.8. The molecule has 5 nitrogen and oxygen atoms in total. The Balaban J connectivity index is 2.54. The molecule has 0 saturated carbocycles. The maximum atomic E-state index is 12.3. The molecule has 1 N–H and O–H groups in total. The van der Waals surface area contributed by atoms with E-state index in [2.05, 4.69) is 15.0 Å². The first-order chi connectivity index (χ1) is 7.52. The quantitative estimate of drug-likeness (QED) is 0.833. The number of hydrogen-bond acceptors (Lipinski definition) is 4. The summed E-state index contributed by atoms with van der Waals surface area (Å²) in [6.45, 7) is -0.0539. The van der Waals surface area contributed by atoms with Crippen LogP contribution in [-0.2, 0) is 12.7 Å². The van der Waals surface area contributed by atoms with E-state index in [4.69, 9.17) is 5.11 Å². The van der Waals surface area contributed by atoms with Crippen LogP contribution in [0.25, 0.3) is 11.2 Å². The molecule has 86 valence electrons. The minimum Gasteiger partial charge on any atom is -0.395 e. The summed E-state index contributed by atoms with van der Waals surface area (Å²) in [6, 6.07) is 0. The third-order valence-electron chi connectivity index (χ3n) is 1.95. The molecule has 2 rings (SSSR count). The summed E-state index contributed by atoms with van der Waals surface area (Å²) in [7, 11) is 0. The smallest absolute Gasteiger partial charge is 0.395 e. The second-order valence-corrected chi connectivity index (χ2v) is 3.06. The van der Waals surface area contributed by atoms with E-state index in [0.29, 0.717) is 0 Å². The minimum atomic E-state index is -4.58. The average Bonchev–Trinajstić information content (AvgIpc) is 2.60. The lowest BCUT2D eigenvalue weighted by atomic mass is 10.5. The molecule has 0 aliphatic heterocycles. The first-order valence-electron chi connectivity index (χ1n) is 4.38. The molecular formula is C8H7F3N4O. The molecule has 8 heteroatoms. The fourth-order valence-electron chi connectivity index (χ4n) is 1.26. The van der Waals surface area contributed by atoms with Gasteiger partial charge in [0.15, 0.2) is 5.65 Å². The van der Waals surface area contributed by atoms with Gasteiger partial charge in [-0.25, -0.2) is 15.0 Å². The van der Waals surface area contributed by atoms with Gasteiger partial charge in [0.05, 0.1) is 19.1 Å². The SMILES string of the molecule is OCCn1cnc2cnc(C(F)(F)F)nc21. The van der Waals surface area contributed by atoms with Gasteiger partial charge in [-0.15, -0.1) is 0 Å². The molecule has 2 aromatic rings. The number of aliphatic hydroxyl groups excluding tert-OH is 1. The molecule has 2 heterocycles. The first kappa shape index (κ1) is 10.8. The topological polar surface area (TPSA) is 63.8 Å². The second kappa shape index (κ2) is 3.71. The number of aliphatic hydroxyl groups is 1. The molecule has 0 fully saturated rings. The molecule has 0 amide bonds. The highest BCUT2D eigenvalue weighted by molar-refractivity contribution is 5.69. The Morgan fingerprint density at radius 3 is 2.69 bits per heavy atom. The van der Waals surface area contributed by atoms with Crippen LogP contribution >= 0.6 is 0 Å². The molecule has 0 aromatic carbocycles. The number of alkyl halides is 3. The van der Waals surface area contributed by atoms with Crippen molar-refractivity contribution in [3.63, 3.8) is 0 Å². The maximum Gasteiger partial charge on any atom is 0.451 e. The Labute approximate surface area is 87.6 Å². The first-order valence-corrected chi connectivity index (χ1v) is 4.38. The van der Waals surface area contributed by atoms with Gasteiger partial charge in [-0.1, -0.05) is 0 Å². The summed E-state index contributed by atoms with van der Waals surface area (Å²) in [5.74, 6) is -1.21. The standard InChI is InChI=1S/C8H7F3N4O/c9-8(10,11)7-12-3-5-6(14-7)15(1-2-16)4-13-5/h3-4,16H,1-2H2. The van der Waals surface area contributed by atoms with Crippen LogP contribution in [0.4, 0.5) is 13.2 Å². The van der Waals surface area contributed by atoms with Crippen LogP contribution in [0.15, 0.2) is 12.5 Å². The van der Waals surface area contributed by atoms with Crippen molar-refractivity contribution in [2.45, 2.75) is 12.7 Å². The Morgan fingerprint density at radius 2 is 2.06 bits per heavy atom. The van der Waals surface area contributed by atoms with Crippen molar-refractivity contribution < 1.29 is 18.3 Å². The predicted octanol–water partition coefficient (Wildman–Crippen LogP) is 0.837. The number of halogens is 3. The molecule has 0 aliphatic rings. The summed E-state index contributed by atoms with van der Waals surface area (Å²) in [5.41, 5.74) is 0.331. The Kier molecular flexibility index (Phi) is 2.50. The van der Waals surface area contributed by atoms with E-state index in [-0.39, 0.29) is 24.3 Å². The van der Waals surface area contributed by atoms with Gasteiger partial charge >= 0.3 is 6.18 Å². The zero-order valence-electron chi connectivity index (χ0n) is 7.94. The number of imidazole rings is 1. The van der Waals surface area contributed by atoms with Gasteiger partial charge < -0.3 is 9.67 Å². The number of fused-ring (bicyclic) bond motifs is 1. The summed E-state index contributed by atoms with van der Waals surface area (Å²) in [5, 5.41) is 8.71. The van der Waals surface area contributed by atoms with Crippen molar-refractivity contribution in [3.05, 3.63) is 18.3 Å². The summed E-state index contributed by atoms with van der Waals surface area (Å²) in [6.07, 6.45) is -2.25. The van der Waals surface area contributed by atoms with Gasteiger partial charge in [0.2, 0.25) is 5.82 Å². The third kappa shape index (κ3) is 1.83. The molecule has 0 radical (unpaired) electrons. The number of aromatic nitrogens is 4. The summed E-state index contributed by atoms with van der Waals surface area (Å²) in [4.78, 5) is 10.4. The van der Waals surface area contributed by atoms with Gasteiger partial charge in [-0.3, -0.25) is 0 Å². The van der Waals surface area contributed by atoms with Gasteiger partial charge in [-0.2, -0.15) is 13.2 Å². The number of nitrogens with zero attached hydrogens (tertiary/aromatic N) is 4. The van der Waals surface area contributed by atoms with Crippen LogP contribution in [0.1, 0.15) is 5.82 Å². The second-order valence-electron chi connectivity index (χ2n) is 3.06. The van der Waals surface area contributed by atoms with E-state index in [1.54, 1.807) is 0 Å². The third-order valence-corrected chi connectivity index (χ3v) is 1.95. The van der Waals surface area contributed by atoms with Crippen molar-refractivity contribution >= 4 is 11.2 Å². The molecule has 0 spiro atoms. The van der Waals surface area contributed by atoms with Crippen LogP contribution in [0, 0.1) is 0 Å². The van der Waals surface area contributed by atoms with Crippen molar-refractivity contribution in [3.8, 4) is 0 Å². The fourth-order valence-corrected chi connectivity index (χ4v) is 1.26.